The maximum Gasteiger partial charge on any atom is 0.343 e. The molecule has 1 aromatic heterocycles. The smallest absolute Gasteiger partial charge is 0.343 e. The van der Waals surface area contributed by atoms with Crippen molar-refractivity contribution in [2.75, 3.05) is 19.0 Å². The lowest BCUT2D eigenvalue weighted by atomic mass is 10.3. The van der Waals surface area contributed by atoms with Crippen molar-refractivity contribution >= 4 is 17.6 Å². The molecule has 0 aliphatic heterocycles. The van der Waals surface area contributed by atoms with Crippen molar-refractivity contribution in [3.8, 4) is 11.5 Å². The van der Waals surface area contributed by atoms with Gasteiger partial charge in [0.05, 0.1) is 7.11 Å². The van der Waals surface area contributed by atoms with Gasteiger partial charge in [0.2, 0.25) is 0 Å². The number of anilines is 1. The Morgan fingerprint density at radius 3 is 2.28 bits per heavy atom. The average Bonchev–Trinajstić information content (AvgIpc) is 3.22. The molecule has 0 fully saturated rings. The van der Waals surface area contributed by atoms with E-state index in [0.717, 1.165) is 0 Å². The van der Waals surface area contributed by atoms with Gasteiger partial charge in [0.1, 0.15) is 29.7 Å². The van der Waals surface area contributed by atoms with Crippen LogP contribution in [0.5, 0.6) is 11.5 Å². The van der Waals surface area contributed by atoms with Crippen LogP contribution in [0.3, 0.4) is 0 Å². The van der Waals surface area contributed by atoms with Gasteiger partial charge in [-0.2, -0.15) is 0 Å². The normalized spacial score (nSPS) is 10.3. The molecule has 0 saturated heterocycles. The Morgan fingerprint density at radius 1 is 0.931 bits per heavy atom. The van der Waals surface area contributed by atoms with E-state index in [1.54, 1.807) is 30.3 Å². The number of halogens is 1. The topological polar surface area (TPSA) is 87.0 Å². The molecule has 0 bridgehead atoms. The van der Waals surface area contributed by atoms with E-state index in [-0.39, 0.29) is 24.8 Å². The van der Waals surface area contributed by atoms with E-state index in [1.807, 2.05) is 0 Å². The number of esters is 1. The zero-order valence-corrected chi connectivity index (χ0v) is 15.5. The summed E-state index contributed by atoms with van der Waals surface area (Å²) >= 11 is 0. The van der Waals surface area contributed by atoms with Gasteiger partial charge < -0.3 is 23.9 Å². The minimum Gasteiger partial charge on any atom is -0.486 e. The predicted octanol–water partition coefficient (Wildman–Crippen LogP) is 3.80. The standard InChI is InChI=1S/C21H18FNO6/c1-26-20(24)13-28-17-8-4-15(5-9-17)23-21(25)19-11-10-18(29-19)12-27-16-6-2-14(22)3-7-16/h2-11H,12-13H2,1H3,(H,23,25). The number of carbonyl (C=O) groups excluding carboxylic acids is 2. The second-order valence-corrected chi connectivity index (χ2v) is 5.85. The van der Waals surface area contributed by atoms with Crippen LogP contribution in [0.25, 0.3) is 0 Å². The van der Waals surface area contributed by atoms with Crippen LogP contribution in [0.4, 0.5) is 10.1 Å². The van der Waals surface area contributed by atoms with Gasteiger partial charge in [0.15, 0.2) is 12.4 Å². The molecule has 0 unspecified atom stereocenters. The highest BCUT2D eigenvalue weighted by Gasteiger charge is 2.12. The summed E-state index contributed by atoms with van der Waals surface area (Å²) < 4.78 is 33.6. The first kappa shape index (κ1) is 19.9. The Hall–Kier alpha value is -3.81. The molecule has 1 amide bonds. The fraction of sp³-hybridized carbons (Fsp3) is 0.143. The number of hydrogen-bond acceptors (Lipinski definition) is 6. The Bertz CT molecular complexity index is 966. The third kappa shape index (κ3) is 5.83. The van der Waals surface area contributed by atoms with Crippen LogP contribution in [0.1, 0.15) is 16.3 Å². The SMILES string of the molecule is COC(=O)COc1ccc(NC(=O)c2ccc(COc3ccc(F)cc3)o2)cc1. The molecular weight excluding hydrogens is 381 g/mol. The van der Waals surface area contributed by atoms with Gasteiger partial charge in [-0.15, -0.1) is 0 Å². The van der Waals surface area contributed by atoms with Crippen molar-refractivity contribution in [3.05, 3.63) is 78.0 Å². The molecule has 1 N–H and O–H groups in total. The molecule has 0 aliphatic carbocycles. The number of benzene rings is 2. The van der Waals surface area contributed by atoms with Crippen molar-refractivity contribution < 1.29 is 32.6 Å². The van der Waals surface area contributed by atoms with Crippen LogP contribution in [0, 0.1) is 5.82 Å². The molecule has 7 nitrogen and oxygen atoms in total. The number of amides is 1. The van der Waals surface area contributed by atoms with Gasteiger partial charge in [-0.25, -0.2) is 9.18 Å². The quantitative estimate of drug-likeness (QED) is 0.580. The molecule has 2 aromatic carbocycles. The molecule has 0 aliphatic rings. The van der Waals surface area contributed by atoms with Crippen LogP contribution >= 0.6 is 0 Å². The maximum absolute atomic E-state index is 12.9. The zero-order chi connectivity index (χ0) is 20.6. The Balaban J connectivity index is 1.51. The minimum absolute atomic E-state index is 0.102. The second-order valence-electron chi connectivity index (χ2n) is 5.85. The highest BCUT2D eigenvalue weighted by Crippen LogP contribution is 2.18. The van der Waals surface area contributed by atoms with E-state index in [4.69, 9.17) is 13.9 Å². The molecule has 3 rings (SSSR count). The Labute approximate surface area is 166 Å². The third-order valence-electron chi connectivity index (χ3n) is 3.78. The van der Waals surface area contributed by atoms with E-state index >= 15 is 0 Å². The Kier molecular flexibility index (Phi) is 6.47. The summed E-state index contributed by atoms with van der Waals surface area (Å²) in [7, 11) is 1.28. The molecule has 0 atom stereocenters. The number of nitrogens with one attached hydrogen (secondary N) is 1. The fourth-order valence-corrected chi connectivity index (χ4v) is 2.29. The van der Waals surface area contributed by atoms with Crippen molar-refractivity contribution in [1.29, 1.82) is 0 Å². The minimum atomic E-state index is -0.487. The lowest BCUT2D eigenvalue weighted by Crippen LogP contribution is -2.13. The zero-order valence-electron chi connectivity index (χ0n) is 15.5. The van der Waals surface area contributed by atoms with E-state index in [1.165, 1.54) is 37.4 Å². The fourth-order valence-electron chi connectivity index (χ4n) is 2.29. The molecule has 3 aromatic rings. The molecule has 8 heteroatoms. The van der Waals surface area contributed by atoms with E-state index in [2.05, 4.69) is 10.1 Å². The van der Waals surface area contributed by atoms with Crippen LogP contribution in [0.2, 0.25) is 0 Å². The van der Waals surface area contributed by atoms with Crippen molar-refractivity contribution in [1.82, 2.24) is 0 Å². The largest absolute Gasteiger partial charge is 0.486 e. The van der Waals surface area contributed by atoms with Gasteiger partial charge >= 0.3 is 5.97 Å². The van der Waals surface area contributed by atoms with Crippen molar-refractivity contribution in [3.63, 3.8) is 0 Å². The number of rotatable bonds is 8. The van der Waals surface area contributed by atoms with Crippen molar-refractivity contribution in [2.45, 2.75) is 6.61 Å². The number of furan rings is 1. The monoisotopic (exact) mass is 399 g/mol. The summed E-state index contributed by atoms with van der Waals surface area (Å²) in [5, 5.41) is 2.69. The number of hydrogen-bond donors (Lipinski definition) is 1. The summed E-state index contributed by atoms with van der Waals surface area (Å²) in [6.45, 7) is -0.0947. The molecule has 0 spiro atoms. The molecule has 29 heavy (non-hydrogen) atoms. The maximum atomic E-state index is 12.9. The van der Waals surface area contributed by atoms with E-state index in [0.29, 0.717) is 22.9 Å². The van der Waals surface area contributed by atoms with Crippen LogP contribution < -0.4 is 14.8 Å². The van der Waals surface area contributed by atoms with Gasteiger partial charge in [-0.05, 0) is 60.7 Å². The summed E-state index contributed by atoms with van der Waals surface area (Å²) in [6, 6.07) is 15.2. The van der Waals surface area contributed by atoms with Gasteiger partial charge in [0.25, 0.3) is 5.91 Å². The number of ether oxygens (including phenoxy) is 3. The van der Waals surface area contributed by atoms with E-state index in [9.17, 15) is 14.0 Å². The summed E-state index contributed by atoms with van der Waals surface area (Å²) in [6.07, 6.45) is 0. The van der Waals surface area contributed by atoms with Crippen molar-refractivity contribution in [2.24, 2.45) is 0 Å². The molecule has 0 radical (unpaired) electrons. The molecular formula is C21H18FNO6. The first-order valence-electron chi connectivity index (χ1n) is 8.61. The third-order valence-corrected chi connectivity index (χ3v) is 3.78. The molecule has 150 valence electrons. The lowest BCUT2D eigenvalue weighted by Gasteiger charge is -2.07. The first-order valence-corrected chi connectivity index (χ1v) is 8.61. The summed E-state index contributed by atoms with van der Waals surface area (Å²) in [5.74, 6) is 0.257. The number of carbonyl (C=O) groups is 2. The molecule has 1 heterocycles. The van der Waals surface area contributed by atoms with Crippen LogP contribution in [0.15, 0.2) is 65.1 Å². The highest BCUT2D eigenvalue weighted by atomic mass is 19.1. The second kappa shape index (κ2) is 9.41. The number of methoxy groups -OCH3 is 1. The first-order chi connectivity index (χ1) is 14.0. The van der Waals surface area contributed by atoms with Gasteiger partial charge in [-0.1, -0.05) is 0 Å². The van der Waals surface area contributed by atoms with Crippen LogP contribution in [-0.4, -0.2) is 25.6 Å². The highest BCUT2D eigenvalue weighted by molar-refractivity contribution is 6.02. The predicted molar refractivity (Wildman–Crippen MR) is 101 cm³/mol. The Morgan fingerprint density at radius 2 is 1.59 bits per heavy atom. The summed E-state index contributed by atoms with van der Waals surface area (Å²) in [5.41, 5.74) is 0.529. The van der Waals surface area contributed by atoms with Gasteiger partial charge in [0, 0.05) is 5.69 Å². The van der Waals surface area contributed by atoms with Gasteiger partial charge in [-0.3, -0.25) is 4.79 Å². The average molecular weight is 399 g/mol. The van der Waals surface area contributed by atoms with E-state index < -0.39 is 11.9 Å². The lowest BCUT2D eigenvalue weighted by molar-refractivity contribution is -0.142. The van der Waals surface area contributed by atoms with Crippen LogP contribution in [-0.2, 0) is 16.1 Å². The summed E-state index contributed by atoms with van der Waals surface area (Å²) in [4.78, 5) is 23.4. The molecule has 0 saturated carbocycles.